The molecule has 5 heteroatoms. The number of nitrogens with zero attached hydrogens (tertiary/aromatic N) is 2. The highest BCUT2D eigenvalue weighted by Crippen LogP contribution is 2.28. The molecule has 3 rings (SSSR count). The largest absolute Gasteiger partial charge is 0.492 e. The Bertz CT molecular complexity index is 999. The van der Waals surface area contributed by atoms with E-state index in [2.05, 4.69) is 23.0 Å². The Morgan fingerprint density at radius 2 is 1.87 bits per heavy atom. The lowest BCUT2D eigenvalue weighted by Crippen LogP contribution is -1.98. The first-order valence-corrected chi connectivity index (χ1v) is 11.1. The molecule has 1 heterocycles. The van der Waals surface area contributed by atoms with Crippen molar-refractivity contribution in [3.63, 3.8) is 0 Å². The fraction of sp³-hybridized carbons (Fsp3) is 0.360. The third-order valence-electron chi connectivity index (χ3n) is 5.04. The van der Waals surface area contributed by atoms with E-state index in [1.807, 2.05) is 42.5 Å². The van der Waals surface area contributed by atoms with E-state index in [0.29, 0.717) is 28.8 Å². The lowest BCUT2D eigenvalue weighted by molar-refractivity contribution is 0.304. The van der Waals surface area contributed by atoms with Crippen molar-refractivity contribution in [2.45, 2.75) is 51.9 Å². The molecule has 0 saturated carbocycles. The number of fused-ring (bicyclic) bond motifs is 1. The lowest BCUT2D eigenvalue weighted by atomic mass is 10.1. The summed E-state index contributed by atoms with van der Waals surface area (Å²) in [6.45, 7) is 2.91. The van der Waals surface area contributed by atoms with Gasteiger partial charge in [0.15, 0.2) is 0 Å². The van der Waals surface area contributed by atoms with Gasteiger partial charge in [0.2, 0.25) is 0 Å². The fourth-order valence-electron chi connectivity index (χ4n) is 3.37. The first-order chi connectivity index (χ1) is 14.7. The molecule has 156 valence electrons. The van der Waals surface area contributed by atoms with Gasteiger partial charge in [-0.25, -0.2) is 4.98 Å². The van der Waals surface area contributed by atoms with Crippen molar-refractivity contribution in [2.24, 2.45) is 0 Å². The maximum Gasteiger partial charge on any atom is 0.149 e. The Morgan fingerprint density at radius 3 is 2.60 bits per heavy atom. The van der Waals surface area contributed by atoms with Crippen LogP contribution in [-0.4, -0.2) is 16.6 Å². The van der Waals surface area contributed by atoms with E-state index in [0.717, 1.165) is 23.0 Å². The molecule has 0 aliphatic heterocycles. The second-order valence-electron chi connectivity index (χ2n) is 7.43. The highest BCUT2D eigenvalue weighted by molar-refractivity contribution is 6.32. The number of hydrogen-bond acceptors (Lipinski definition) is 3. The van der Waals surface area contributed by atoms with Crippen LogP contribution in [0.25, 0.3) is 22.7 Å². The maximum atomic E-state index is 9.59. The van der Waals surface area contributed by atoms with Crippen molar-refractivity contribution >= 4 is 34.3 Å². The number of para-hydroxylation sites is 2. The average molecular weight is 422 g/mol. The van der Waals surface area contributed by atoms with Gasteiger partial charge in [-0.15, -0.1) is 0 Å². The van der Waals surface area contributed by atoms with Gasteiger partial charge in [0.05, 0.1) is 28.2 Å². The molecular weight excluding hydrogens is 394 g/mol. The van der Waals surface area contributed by atoms with E-state index in [4.69, 9.17) is 16.3 Å². The molecule has 0 aliphatic rings. The van der Waals surface area contributed by atoms with Crippen LogP contribution in [0.5, 0.6) is 5.75 Å². The molecule has 2 aromatic carbocycles. The number of hydrogen-bond donors (Lipinski definition) is 1. The molecule has 0 fully saturated rings. The van der Waals surface area contributed by atoms with Crippen LogP contribution in [0.4, 0.5) is 0 Å². The van der Waals surface area contributed by atoms with E-state index in [1.54, 1.807) is 6.08 Å². The standard InChI is InChI=1S/C25H28ClN3O/c1-2-3-4-5-6-7-10-15-30-24-14-13-19(17-21(24)26)16-20(18-27)25-28-22-11-8-9-12-23(22)29-25/h8-9,11-14,16-17H,2-7,10,15H2,1H3,(H,28,29)/b20-16-. The highest BCUT2D eigenvalue weighted by Gasteiger charge is 2.09. The summed E-state index contributed by atoms with van der Waals surface area (Å²) in [5, 5.41) is 10.1. The number of benzene rings is 2. The van der Waals surface area contributed by atoms with Crippen LogP contribution in [0, 0.1) is 11.3 Å². The number of nitrogens with one attached hydrogen (secondary N) is 1. The molecule has 3 aromatic rings. The second kappa shape index (κ2) is 11.4. The number of nitriles is 1. The number of imidazole rings is 1. The van der Waals surface area contributed by atoms with Crippen LogP contribution in [0.15, 0.2) is 42.5 Å². The first-order valence-electron chi connectivity index (χ1n) is 10.7. The Balaban J connectivity index is 1.58. The summed E-state index contributed by atoms with van der Waals surface area (Å²) in [6.07, 6.45) is 10.5. The summed E-state index contributed by atoms with van der Waals surface area (Å²) < 4.78 is 5.84. The quantitative estimate of drug-likeness (QED) is 0.259. The van der Waals surface area contributed by atoms with E-state index in [1.165, 1.54) is 38.5 Å². The van der Waals surface area contributed by atoms with E-state index in [-0.39, 0.29) is 0 Å². The summed E-state index contributed by atoms with van der Waals surface area (Å²) in [7, 11) is 0. The topological polar surface area (TPSA) is 61.7 Å². The molecule has 0 aliphatic carbocycles. The molecule has 0 spiro atoms. The smallest absolute Gasteiger partial charge is 0.149 e. The average Bonchev–Trinajstić information content (AvgIpc) is 3.19. The summed E-state index contributed by atoms with van der Waals surface area (Å²) >= 11 is 6.40. The van der Waals surface area contributed by atoms with Crippen LogP contribution in [0.3, 0.4) is 0 Å². The SMILES string of the molecule is CCCCCCCCCOc1ccc(/C=C(/C#N)c2nc3ccccc3[nH]2)cc1Cl. The zero-order valence-corrected chi connectivity index (χ0v) is 18.2. The minimum absolute atomic E-state index is 0.457. The molecule has 0 atom stereocenters. The Kier molecular flexibility index (Phi) is 8.35. The molecule has 1 aromatic heterocycles. The van der Waals surface area contributed by atoms with Gasteiger partial charge in [0, 0.05) is 0 Å². The number of aromatic nitrogens is 2. The second-order valence-corrected chi connectivity index (χ2v) is 7.84. The molecule has 0 unspecified atom stereocenters. The zero-order valence-electron chi connectivity index (χ0n) is 17.5. The summed E-state index contributed by atoms with van der Waals surface area (Å²) in [5.41, 5.74) is 3.03. The lowest BCUT2D eigenvalue weighted by Gasteiger charge is -2.09. The van der Waals surface area contributed by atoms with Crippen LogP contribution in [0.1, 0.15) is 63.3 Å². The molecular formula is C25H28ClN3O. The summed E-state index contributed by atoms with van der Waals surface area (Å²) in [5.74, 6) is 1.23. The molecule has 30 heavy (non-hydrogen) atoms. The molecule has 0 saturated heterocycles. The number of unbranched alkanes of at least 4 members (excludes halogenated alkanes) is 6. The predicted octanol–water partition coefficient (Wildman–Crippen LogP) is 7.41. The van der Waals surface area contributed by atoms with Crippen LogP contribution in [0.2, 0.25) is 5.02 Å². The zero-order chi connectivity index (χ0) is 21.2. The highest BCUT2D eigenvalue weighted by atomic mass is 35.5. The molecule has 0 radical (unpaired) electrons. The van der Waals surface area contributed by atoms with Crippen molar-refractivity contribution < 1.29 is 4.74 Å². The van der Waals surface area contributed by atoms with Gasteiger partial charge in [0.1, 0.15) is 17.6 Å². The van der Waals surface area contributed by atoms with Crippen molar-refractivity contribution in [3.8, 4) is 11.8 Å². The van der Waals surface area contributed by atoms with Crippen molar-refractivity contribution in [3.05, 3.63) is 58.9 Å². The third-order valence-corrected chi connectivity index (χ3v) is 5.33. The molecule has 0 amide bonds. The molecule has 0 bridgehead atoms. The van der Waals surface area contributed by atoms with Crippen LogP contribution >= 0.6 is 11.6 Å². The Labute approximate surface area is 183 Å². The van der Waals surface area contributed by atoms with Crippen molar-refractivity contribution in [1.29, 1.82) is 5.26 Å². The minimum Gasteiger partial charge on any atom is -0.492 e. The van der Waals surface area contributed by atoms with Crippen molar-refractivity contribution in [2.75, 3.05) is 6.61 Å². The fourth-order valence-corrected chi connectivity index (χ4v) is 3.61. The van der Waals surface area contributed by atoms with Crippen molar-refractivity contribution in [1.82, 2.24) is 9.97 Å². The number of halogens is 1. The Morgan fingerprint density at radius 1 is 1.10 bits per heavy atom. The van der Waals surface area contributed by atoms with Gasteiger partial charge < -0.3 is 9.72 Å². The Hall–Kier alpha value is -2.77. The van der Waals surface area contributed by atoms with Gasteiger partial charge in [-0.1, -0.05) is 75.2 Å². The predicted molar refractivity (Wildman–Crippen MR) is 125 cm³/mol. The minimum atomic E-state index is 0.457. The number of rotatable bonds is 11. The van der Waals surface area contributed by atoms with Crippen LogP contribution < -0.4 is 4.74 Å². The number of allylic oxidation sites excluding steroid dienone is 1. The molecule has 1 N–H and O–H groups in total. The van der Waals surface area contributed by atoms with E-state index >= 15 is 0 Å². The molecule has 4 nitrogen and oxygen atoms in total. The van der Waals surface area contributed by atoms with Gasteiger partial charge in [-0.05, 0) is 42.3 Å². The van der Waals surface area contributed by atoms with Gasteiger partial charge in [-0.2, -0.15) is 5.26 Å². The third kappa shape index (κ3) is 6.11. The number of ether oxygens (including phenoxy) is 1. The summed E-state index contributed by atoms with van der Waals surface area (Å²) in [4.78, 5) is 7.69. The number of H-pyrrole nitrogens is 1. The van der Waals surface area contributed by atoms with E-state index in [9.17, 15) is 5.26 Å². The van der Waals surface area contributed by atoms with Gasteiger partial charge in [-0.3, -0.25) is 0 Å². The van der Waals surface area contributed by atoms with E-state index < -0.39 is 0 Å². The maximum absolute atomic E-state index is 9.59. The van der Waals surface area contributed by atoms with Gasteiger partial charge >= 0.3 is 0 Å². The first kappa shape index (κ1) is 21.9. The number of aromatic amines is 1. The normalized spacial score (nSPS) is 11.6. The van der Waals surface area contributed by atoms with Gasteiger partial charge in [0.25, 0.3) is 0 Å². The van der Waals surface area contributed by atoms with Crippen LogP contribution in [-0.2, 0) is 0 Å². The monoisotopic (exact) mass is 421 g/mol. The summed E-state index contributed by atoms with van der Waals surface area (Å²) in [6, 6.07) is 15.5.